The van der Waals surface area contributed by atoms with Gasteiger partial charge in [0.05, 0.1) is 16.6 Å². The molecule has 0 bridgehead atoms. The van der Waals surface area contributed by atoms with Crippen molar-refractivity contribution in [3.8, 4) is 0 Å². The first-order chi connectivity index (χ1) is 10.8. The number of anilines is 1. The second-order valence-corrected chi connectivity index (χ2v) is 7.29. The van der Waals surface area contributed by atoms with E-state index >= 15 is 0 Å². The van der Waals surface area contributed by atoms with E-state index in [1.807, 2.05) is 31.3 Å². The molecule has 1 saturated heterocycles. The molecule has 1 aliphatic rings. The van der Waals surface area contributed by atoms with Crippen LogP contribution in [0.3, 0.4) is 0 Å². The SMILES string of the molecule is CN(C(=O)CSCC1CCCCO1)c1nsc2ccccc12. The Labute approximate surface area is 139 Å². The molecule has 118 valence electrons. The van der Waals surface area contributed by atoms with Gasteiger partial charge in [-0.15, -0.1) is 11.8 Å². The zero-order valence-corrected chi connectivity index (χ0v) is 14.3. The maximum Gasteiger partial charge on any atom is 0.237 e. The Balaban J connectivity index is 1.55. The summed E-state index contributed by atoms with van der Waals surface area (Å²) in [6.07, 6.45) is 3.84. The lowest BCUT2D eigenvalue weighted by Gasteiger charge is -2.22. The largest absolute Gasteiger partial charge is 0.377 e. The lowest BCUT2D eigenvalue weighted by atomic mass is 10.1. The van der Waals surface area contributed by atoms with Crippen LogP contribution in [0.5, 0.6) is 0 Å². The summed E-state index contributed by atoms with van der Waals surface area (Å²) in [7, 11) is 1.81. The van der Waals surface area contributed by atoms with Gasteiger partial charge in [0.15, 0.2) is 5.82 Å². The highest BCUT2D eigenvalue weighted by Gasteiger charge is 2.18. The molecular weight excluding hydrogens is 316 g/mol. The second-order valence-electron chi connectivity index (χ2n) is 5.46. The first kappa shape index (κ1) is 15.8. The number of carbonyl (C=O) groups is 1. The molecule has 6 heteroatoms. The van der Waals surface area contributed by atoms with Crippen molar-refractivity contribution in [2.24, 2.45) is 0 Å². The van der Waals surface area contributed by atoms with Gasteiger partial charge in [-0.25, -0.2) is 0 Å². The summed E-state index contributed by atoms with van der Waals surface area (Å²) in [5.74, 6) is 2.23. The van der Waals surface area contributed by atoms with Crippen LogP contribution in [0.15, 0.2) is 24.3 Å². The molecule has 0 aliphatic carbocycles. The molecule has 22 heavy (non-hydrogen) atoms. The number of aromatic nitrogens is 1. The standard InChI is InChI=1S/C16H20N2O2S2/c1-18(16-13-7-2-3-8-14(13)22-17-16)15(19)11-21-10-12-6-4-5-9-20-12/h2-3,7-8,12H,4-6,9-11H2,1H3. The molecule has 0 N–H and O–H groups in total. The minimum atomic E-state index is 0.0943. The van der Waals surface area contributed by atoms with E-state index in [1.165, 1.54) is 24.4 Å². The molecular formula is C16H20N2O2S2. The van der Waals surface area contributed by atoms with Crippen LogP contribution in [-0.4, -0.2) is 41.5 Å². The van der Waals surface area contributed by atoms with Gasteiger partial charge in [-0.1, -0.05) is 12.1 Å². The van der Waals surface area contributed by atoms with E-state index < -0.39 is 0 Å². The maximum absolute atomic E-state index is 12.4. The summed E-state index contributed by atoms with van der Waals surface area (Å²) in [6, 6.07) is 8.02. The molecule has 0 spiro atoms. The predicted octanol–water partition coefficient (Wildman–Crippen LogP) is 3.56. The summed E-state index contributed by atoms with van der Waals surface area (Å²) < 4.78 is 11.2. The van der Waals surface area contributed by atoms with E-state index in [0.717, 1.165) is 34.7 Å². The number of benzene rings is 1. The Bertz CT molecular complexity index is 638. The molecule has 2 heterocycles. The molecule has 1 aromatic heterocycles. The number of hydrogen-bond acceptors (Lipinski definition) is 5. The summed E-state index contributed by atoms with van der Waals surface area (Å²) in [4.78, 5) is 14.0. The number of nitrogens with zero attached hydrogens (tertiary/aromatic N) is 2. The van der Waals surface area contributed by atoms with Gasteiger partial charge < -0.3 is 4.74 Å². The number of carbonyl (C=O) groups excluding carboxylic acids is 1. The minimum Gasteiger partial charge on any atom is -0.377 e. The van der Waals surface area contributed by atoms with E-state index in [-0.39, 0.29) is 5.91 Å². The van der Waals surface area contributed by atoms with Gasteiger partial charge in [0.1, 0.15) is 0 Å². The molecule has 1 fully saturated rings. The lowest BCUT2D eigenvalue weighted by molar-refractivity contribution is -0.115. The number of hydrogen-bond donors (Lipinski definition) is 0. The summed E-state index contributed by atoms with van der Waals surface area (Å²) >= 11 is 3.09. The Morgan fingerprint density at radius 2 is 2.32 bits per heavy atom. The van der Waals surface area contributed by atoms with Gasteiger partial charge in [0.25, 0.3) is 0 Å². The number of amides is 1. The van der Waals surface area contributed by atoms with Gasteiger partial charge in [0.2, 0.25) is 5.91 Å². The van der Waals surface area contributed by atoms with Crippen LogP contribution < -0.4 is 4.90 Å². The summed E-state index contributed by atoms with van der Waals surface area (Å²) in [6.45, 7) is 0.865. The summed E-state index contributed by atoms with van der Waals surface area (Å²) in [5.41, 5.74) is 0. The third kappa shape index (κ3) is 3.62. The van der Waals surface area contributed by atoms with E-state index in [9.17, 15) is 4.79 Å². The third-order valence-corrected chi connectivity index (χ3v) is 5.73. The molecule has 1 aliphatic heterocycles. The molecule has 1 atom stereocenters. The highest BCUT2D eigenvalue weighted by Crippen LogP contribution is 2.29. The van der Waals surface area contributed by atoms with E-state index in [1.54, 1.807) is 16.7 Å². The average Bonchev–Trinajstić information content (AvgIpc) is 2.99. The fourth-order valence-electron chi connectivity index (χ4n) is 2.55. The van der Waals surface area contributed by atoms with Crippen LogP contribution in [0.1, 0.15) is 19.3 Å². The zero-order valence-electron chi connectivity index (χ0n) is 12.7. The molecule has 0 saturated carbocycles. The molecule has 1 amide bonds. The van der Waals surface area contributed by atoms with Crippen molar-refractivity contribution in [1.29, 1.82) is 0 Å². The van der Waals surface area contributed by atoms with Crippen molar-refractivity contribution in [1.82, 2.24) is 4.37 Å². The van der Waals surface area contributed by atoms with Gasteiger partial charge in [-0.3, -0.25) is 9.69 Å². The first-order valence-corrected chi connectivity index (χ1v) is 9.49. The normalized spacial score (nSPS) is 18.5. The van der Waals surface area contributed by atoms with Crippen LogP contribution in [0, 0.1) is 0 Å². The highest BCUT2D eigenvalue weighted by molar-refractivity contribution is 8.00. The van der Waals surface area contributed by atoms with Crippen LogP contribution in [0.4, 0.5) is 5.82 Å². The van der Waals surface area contributed by atoms with Gasteiger partial charge in [-0.05, 0) is 42.9 Å². The first-order valence-electron chi connectivity index (χ1n) is 7.56. The lowest BCUT2D eigenvalue weighted by Crippen LogP contribution is -2.29. The maximum atomic E-state index is 12.4. The van der Waals surface area contributed by atoms with Crippen molar-refractivity contribution in [3.63, 3.8) is 0 Å². The molecule has 0 radical (unpaired) electrons. The van der Waals surface area contributed by atoms with Crippen LogP contribution in [-0.2, 0) is 9.53 Å². The minimum absolute atomic E-state index is 0.0943. The predicted molar refractivity (Wildman–Crippen MR) is 93.9 cm³/mol. The van der Waals surface area contributed by atoms with Crippen molar-refractivity contribution in [3.05, 3.63) is 24.3 Å². The second kappa shape index (κ2) is 7.44. The smallest absolute Gasteiger partial charge is 0.237 e. The van der Waals surface area contributed by atoms with Gasteiger partial charge in [0, 0.05) is 24.8 Å². The van der Waals surface area contributed by atoms with Gasteiger partial charge in [-0.2, -0.15) is 4.37 Å². The number of ether oxygens (including phenoxy) is 1. The molecule has 2 aromatic rings. The van der Waals surface area contributed by atoms with Crippen molar-refractivity contribution >= 4 is 45.1 Å². The average molecular weight is 336 g/mol. The van der Waals surface area contributed by atoms with E-state index in [0.29, 0.717) is 11.9 Å². The number of fused-ring (bicyclic) bond motifs is 1. The Morgan fingerprint density at radius 1 is 1.45 bits per heavy atom. The Morgan fingerprint density at radius 3 is 3.14 bits per heavy atom. The van der Waals surface area contributed by atoms with Crippen LogP contribution in [0.2, 0.25) is 0 Å². The van der Waals surface area contributed by atoms with E-state index in [2.05, 4.69) is 4.37 Å². The van der Waals surface area contributed by atoms with Crippen molar-refractivity contribution in [2.75, 3.05) is 30.1 Å². The fraction of sp³-hybridized carbons (Fsp3) is 0.500. The van der Waals surface area contributed by atoms with Crippen molar-refractivity contribution < 1.29 is 9.53 Å². The Hall–Kier alpha value is -1.11. The monoisotopic (exact) mass is 336 g/mol. The third-order valence-electron chi connectivity index (χ3n) is 3.85. The van der Waals surface area contributed by atoms with Crippen molar-refractivity contribution in [2.45, 2.75) is 25.4 Å². The van der Waals surface area contributed by atoms with Gasteiger partial charge >= 0.3 is 0 Å². The fourth-order valence-corrected chi connectivity index (χ4v) is 4.36. The molecule has 1 aromatic carbocycles. The molecule has 3 rings (SSSR count). The highest BCUT2D eigenvalue weighted by atomic mass is 32.2. The summed E-state index contributed by atoms with van der Waals surface area (Å²) in [5, 5.41) is 1.05. The Kier molecular flexibility index (Phi) is 5.33. The van der Waals surface area contributed by atoms with Crippen LogP contribution >= 0.6 is 23.3 Å². The molecule has 4 nitrogen and oxygen atoms in total. The van der Waals surface area contributed by atoms with Crippen LogP contribution in [0.25, 0.3) is 10.1 Å². The quantitative estimate of drug-likeness (QED) is 0.837. The zero-order chi connectivity index (χ0) is 15.4. The number of rotatable bonds is 5. The topological polar surface area (TPSA) is 42.4 Å². The number of thioether (sulfide) groups is 1. The van der Waals surface area contributed by atoms with E-state index in [4.69, 9.17) is 4.74 Å². The molecule has 1 unspecified atom stereocenters.